The van der Waals surface area contributed by atoms with Gasteiger partial charge in [0.25, 0.3) is 0 Å². The Balaban J connectivity index is 2.56. The number of carbonyl (C=O) groups excluding carboxylic acids is 1. The molecule has 1 N–H and O–H groups in total. The molecule has 0 aliphatic heterocycles. The van der Waals surface area contributed by atoms with Crippen LogP contribution in [0.25, 0.3) is 0 Å². The van der Waals surface area contributed by atoms with E-state index in [-0.39, 0.29) is 12.2 Å². The largest absolute Gasteiger partial charge is 0.481 e. The minimum absolute atomic E-state index is 0.0614. The second-order valence-electron chi connectivity index (χ2n) is 3.25. The smallest absolute Gasteiger partial charge is 0.311 e. The first-order chi connectivity index (χ1) is 6.59. The van der Waals surface area contributed by atoms with Crippen LogP contribution in [-0.2, 0) is 4.79 Å². The normalized spacial score (nSPS) is 19.5. The van der Waals surface area contributed by atoms with Crippen LogP contribution in [0.5, 0.6) is 0 Å². The van der Waals surface area contributed by atoms with Gasteiger partial charge in [-0.15, -0.1) is 0 Å². The van der Waals surface area contributed by atoms with Gasteiger partial charge in [-0.05, 0) is 23.8 Å². The molecular weight excluding hydrogens is 187 g/mol. The maximum absolute atomic E-state index is 12.8. The van der Waals surface area contributed by atoms with Gasteiger partial charge in [0.15, 0.2) is 5.78 Å². The Labute approximate surface area is 79.2 Å². The monoisotopic (exact) mass is 194 g/mol. The maximum Gasteiger partial charge on any atom is 0.311 e. The Morgan fingerprint density at radius 2 is 2.21 bits per heavy atom. The number of carbonyl (C=O) groups is 2. The van der Waals surface area contributed by atoms with Crippen LogP contribution in [0, 0.1) is 5.82 Å². The number of Topliss-reactive ketones (excluding diaryl/α,β-unsaturated/α-hetero) is 1. The number of aliphatic carboxylic acids is 1. The van der Waals surface area contributed by atoms with Crippen molar-refractivity contribution in [2.24, 2.45) is 0 Å². The van der Waals surface area contributed by atoms with Crippen LogP contribution in [0.4, 0.5) is 4.39 Å². The quantitative estimate of drug-likeness (QED) is 0.738. The highest BCUT2D eigenvalue weighted by atomic mass is 19.1. The minimum atomic E-state index is -1.08. The first kappa shape index (κ1) is 8.87. The molecule has 4 heteroatoms. The third kappa shape index (κ3) is 1.19. The first-order valence-corrected chi connectivity index (χ1v) is 4.15. The summed E-state index contributed by atoms with van der Waals surface area (Å²) < 4.78 is 12.8. The molecule has 0 saturated heterocycles. The van der Waals surface area contributed by atoms with E-state index in [1.54, 1.807) is 0 Å². The van der Waals surface area contributed by atoms with E-state index in [4.69, 9.17) is 5.11 Å². The van der Waals surface area contributed by atoms with Crippen LogP contribution in [0.2, 0.25) is 0 Å². The maximum atomic E-state index is 12.8. The van der Waals surface area contributed by atoms with E-state index in [0.29, 0.717) is 11.1 Å². The molecule has 1 aromatic rings. The molecule has 1 aromatic carbocycles. The molecule has 0 aromatic heterocycles. The Kier molecular flexibility index (Phi) is 1.84. The molecule has 0 heterocycles. The fraction of sp³-hybridized carbons (Fsp3) is 0.200. The van der Waals surface area contributed by atoms with E-state index in [1.807, 2.05) is 0 Å². The predicted octanol–water partition coefficient (Wildman–Crippen LogP) is 1.58. The summed E-state index contributed by atoms with van der Waals surface area (Å²) in [5.74, 6) is -2.70. The number of carboxylic acids is 1. The summed E-state index contributed by atoms with van der Waals surface area (Å²) in [4.78, 5) is 22.1. The van der Waals surface area contributed by atoms with E-state index in [9.17, 15) is 14.0 Å². The van der Waals surface area contributed by atoms with Crippen molar-refractivity contribution in [1.29, 1.82) is 0 Å². The molecule has 0 spiro atoms. The van der Waals surface area contributed by atoms with E-state index >= 15 is 0 Å². The molecule has 3 nitrogen and oxygen atoms in total. The van der Waals surface area contributed by atoms with E-state index in [0.717, 1.165) is 6.07 Å². The fourth-order valence-electron chi connectivity index (χ4n) is 1.70. The minimum Gasteiger partial charge on any atom is -0.481 e. The third-order valence-electron chi connectivity index (χ3n) is 2.38. The molecule has 14 heavy (non-hydrogen) atoms. The van der Waals surface area contributed by atoms with Gasteiger partial charge in [0, 0.05) is 12.0 Å². The van der Waals surface area contributed by atoms with Crippen molar-refractivity contribution in [3.63, 3.8) is 0 Å². The van der Waals surface area contributed by atoms with Gasteiger partial charge in [-0.1, -0.05) is 0 Å². The summed E-state index contributed by atoms with van der Waals surface area (Å²) in [5, 5.41) is 8.79. The highest BCUT2D eigenvalue weighted by molar-refractivity contribution is 6.05. The zero-order valence-electron chi connectivity index (χ0n) is 7.16. The number of rotatable bonds is 1. The van der Waals surface area contributed by atoms with Gasteiger partial charge < -0.3 is 5.11 Å². The van der Waals surface area contributed by atoms with Crippen molar-refractivity contribution < 1.29 is 19.1 Å². The van der Waals surface area contributed by atoms with Gasteiger partial charge in [-0.3, -0.25) is 9.59 Å². The third-order valence-corrected chi connectivity index (χ3v) is 2.38. The highest BCUT2D eigenvalue weighted by Gasteiger charge is 2.34. The number of benzene rings is 1. The molecule has 0 radical (unpaired) electrons. The molecule has 0 amide bonds. The average Bonchev–Trinajstić information content (AvgIpc) is 2.43. The van der Waals surface area contributed by atoms with Gasteiger partial charge >= 0.3 is 5.97 Å². The number of fused-ring (bicyclic) bond motifs is 1. The number of hydrogen-bond donors (Lipinski definition) is 1. The molecular formula is C10H7FO3. The lowest BCUT2D eigenvalue weighted by Gasteiger charge is -2.03. The Morgan fingerprint density at radius 1 is 1.50 bits per heavy atom. The van der Waals surface area contributed by atoms with Gasteiger partial charge in [0.1, 0.15) is 5.82 Å². The van der Waals surface area contributed by atoms with Gasteiger partial charge in [0.05, 0.1) is 5.92 Å². The van der Waals surface area contributed by atoms with Crippen molar-refractivity contribution in [1.82, 2.24) is 0 Å². The van der Waals surface area contributed by atoms with Crippen LogP contribution < -0.4 is 0 Å². The summed E-state index contributed by atoms with van der Waals surface area (Å²) in [6.07, 6.45) is -0.0614. The van der Waals surface area contributed by atoms with Gasteiger partial charge in [-0.25, -0.2) is 4.39 Å². The van der Waals surface area contributed by atoms with Crippen LogP contribution in [0.1, 0.15) is 28.3 Å². The van der Waals surface area contributed by atoms with E-state index < -0.39 is 17.7 Å². The summed E-state index contributed by atoms with van der Waals surface area (Å²) in [6.45, 7) is 0. The van der Waals surface area contributed by atoms with Gasteiger partial charge in [0.2, 0.25) is 0 Å². The fourth-order valence-corrected chi connectivity index (χ4v) is 1.70. The Morgan fingerprint density at radius 3 is 2.86 bits per heavy atom. The molecule has 1 aliphatic carbocycles. The van der Waals surface area contributed by atoms with Crippen molar-refractivity contribution in [2.45, 2.75) is 12.3 Å². The van der Waals surface area contributed by atoms with Crippen molar-refractivity contribution in [3.05, 3.63) is 35.1 Å². The molecule has 0 fully saturated rings. The summed E-state index contributed by atoms with van der Waals surface area (Å²) >= 11 is 0. The Hall–Kier alpha value is -1.71. The second-order valence-corrected chi connectivity index (χ2v) is 3.25. The summed E-state index contributed by atoms with van der Waals surface area (Å²) in [5.41, 5.74) is 0.626. The summed E-state index contributed by atoms with van der Waals surface area (Å²) in [6, 6.07) is 3.63. The van der Waals surface area contributed by atoms with Crippen molar-refractivity contribution >= 4 is 11.8 Å². The van der Waals surface area contributed by atoms with Crippen LogP contribution in [-0.4, -0.2) is 16.9 Å². The molecule has 0 unspecified atom stereocenters. The zero-order valence-corrected chi connectivity index (χ0v) is 7.16. The SMILES string of the molecule is O=C1C[C@@H](C(=O)O)c2cc(F)ccc21. The number of hydrogen-bond acceptors (Lipinski definition) is 2. The standard InChI is InChI=1S/C10H7FO3/c11-5-1-2-6-7(3-5)8(10(13)14)4-9(6)12/h1-3,8H,4H2,(H,13,14)/t8-/m1/s1. The predicted molar refractivity (Wildman–Crippen MR) is 45.7 cm³/mol. The van der Waals surface area contributed by atoms with Crippen LogP contribution in [0.3, 0.4) is 0 Å². The van der Waals surface area contributed by atoms with Crippen molar-refractivity contribution in [3.8, 4) is 0 Å². The van der Waals surface area contributed by atoms with E-state index in [1.165, 1.54) is 12.1 Å². The Bertz CT molecular complexity index is 425. The van der Waals surface area contributed by atoms with Crippen LogP contribution in [0.15, 0.2) is 18.2 Å². The highest BCUT2D eigenvalue weighted by Crippen LogP contribution is 2.33. The molecule has 1 atom stereocenters. The average molecular weight is 194 g/mol. The lowest BCUT2D eigenvalue weighted by atomic mass is 10.0. The zero-order chi connectivity index (χ0) is 10.3. The van der Waals surface area contributed by atoms with E-state index in [2.05, 4.69) is 0 Å². The summed E-state index contributed by atoms with van der Waals surface area (Å²) in [7, 11) is 0. The van der Waals surface area contributed by atoms with Gasteiger partial charge in [-0.2, -0.15) is 0 Å². The molecule has 0 bridgehead atoms. The lowest BCUT2D eigenvalue weighted by Crippen LogP contribution is -2.08. The molecule has 2 rings (SSSR count). The van der Waals surface area contributed by atoms with Crippen LogP contribution >= 0.6 is 0 Å². The number of ketones is 1. The second kappa shape index (κ2) is 2.90. The topological polar surface area (TPSA) is 54.4 Å². The number of carboxylic acid groups (broad SMARTS) is 1. The molecule has 72 valence electrons. The first-order valence-electron chi connectivity index (χ1n) is 4.15. The lowest BCUT2D eigenvalue weighted by molar-refractivity contribution is -0.138. The molecule has 0 saturated carbocycles. The number of halogens is 1. The molecule has 1 aliphatic rings. The van der Waals surface area contributed by atoms with Crippen molar-refractivity contribution in [2.75, 3.05) is 0 Å².